The first-order valence-corrected chi connectivity index (χ1v) is 12.6. The van der Waals surface area contributed by atoms with Crippen molar-refractivity contribution < 1.29 is 28.6 Å². The number of hydrogen-bond donors (Lipinski definition) is 3. The van der Waals surface area contributed by atoms with Crippen LogP contribution in [0.25, 0.3) is 0 Å². The SMILES string of the molecule is O=C(OCC(COC(=O)C(S)c1ccccc1)OC(=O)C(S)c1ccccc1)C(S)c1ccccc1. The first kappa shape index (κ1) is 27.7. The zero-order valence-electron chi connectivity index (χ0n) is 19.2. The van der Waals surface area contributed by atoms with Gasteiger partial charge in [-0.05, 0) is 16.7 Å². The normalized spacial score (nSPS) is 14.1. The van der Waals surface area contributed by atoms with Gasteiger partial charge in [0.25, 0.3) is 0 Å². The van der Waals surface area contributed by atoms with Crippen molar-refractivity contribution >= 4 is 55.8 Å². The second-order valence-corrected chi connectivity index (χ2v) is 9.31. The van der Waals surface area contributed by atoms with Crippen LogP contribution in [0.5, 0.6) is 0 Å². The van der Waals surface area contributed by atoms with E-state index in [2.05, 4.69) is 37.9 Å². The molecule has 3 rings (SSSR count). The maximum absolute atomic E-state index is 12.7. The van der Waals surface area contributed by atoms with Crippen molar-refractivity contribution in [1.29, 1.82) is 0 Å². The second kappa shape index (κ2) is 14.0. The predicted molar refractivity (Wildman–Crippen MR) is 146 cm³/mol. The Hall–Kier alpha value is -2.88. The lowest BCUT2D eigenvalue weighted by Crippen LogP contribution is -2.33. The Morgan fingerprint density at radius 1 is 0.528 bits per heavy atom. The summed E-state index contributed by atoms with van der Waals surface area (Å²) in [6.45, 7) is -0.667. The predicted octanol–water partition coefficient (Wildman–Crippen LogP) is 5.00. The summed E-state index contributed by atoms with van der Waals surface area (Å²) < 4.78 is 16.2. The maximum Gasteiger partial charge on any atom is 0.323 e. The lowest BCUT2D eigenvalue weighted by atomic mass is 10.1. The number of rotatable bonds is 11. The number of thiol groups is 3. The van der Waals surface area contributed by atoms with Crippen LogP contribution in [-0.2, 0) is 28.6 Å². The van der Waals surface area contributed by atoms with E-state index in [0.717, 1.165) is 0 Å². The van der Waals surface area contributed by atoms with Crippen LogP contribution in [0.15, 0.2) is 91.0 Å². The number of hydrogen-bond acceptors (Lipinski definition) is 9. The van der Waals surface area contributed by atoms with Crippen molar-refractivity contribution in [3.8, 4) is 0 Å². The van der Waals surface area contributed by atoms with Crippen LogP contribution in [0, 0.1) is 0 Å². The minimum absolute atomic E-state index is 0.334. The van der Waals surface area contributed by atoms with Gasteiger partial charge in [0.05, 0.1) is 0 Å². The highest BCUT2D eigenvalue weighted by Gasteiger charge is 2.27. The molecule has 0 heterocycles. The summed E-state index contributed by atoms with van der Waals surface area (Å²) in [5.74, 6) is -1.92. The molecule has 0 N–H and O–H groups in total. The molecule has 0 fully saturated rings. The van der Waals surface area contributed by atoms with Crippen molar-refractivity contribution in [2.24, 2.45) is 0 Å². The Morgan fingerprint density at radius 2 is 0.833 bits per heavy atom. The van der Waals surface area contributed by atoms with Crippen LogP contribution >= 0.6 is 37.9 Å². The van der Waals surface area contributed by atoms with E-state index in [1.54, 1.807) is 72.8 Å². The fourth-order valence-electron chi connectivity index (χ4n) is 3.17. The van der Waals surface area contributed by atoms with E-state index in [0.29, 0.717) is 16.7 Å². The van der Waals surface area contributed by atoms with E-state index in [-0.39, 0.29) is 13.2 Å². The first-order valence-electron chi connectivity index (χ1n) is 11.1. The molecule has 0 bridgehead atoms. The van der Waals surface area contributed by atoms with Crippen molar-refractivity contribution in [3.05, 3.63) is 108 Å². The third-order valence-corrected chi connectivity index (χ3v) is 6.65. The summed E-state index contributed by atoms with van der Waals surface area (Å²) in [4.78, 5) is 37.8. The third kappa shape index (κ3) is 8.08. The van der Waals surface area contributed by atoms with Gasteiger partial charge >= 0.3 is 17.9 Å². The van der Waals surface area contributed by atoms with Crippen molar-refractivity contribution in [3.63, 3.8) is 0 Å². The number of benzene rings is 3. The number of carbonyl (C=O) groups is 3. The van der Waals surface area contributed by atoms with E-state index >= 15 is 0 Å². The number of esters is 3. The molecule has 36 heavy (non-hydrogen) atoms. The first-order chi connectivity index (χ1) is 17.4. The van der Waals surface area contributed by atoms with Gasteiger partial charge in [-0.2, -0.15) is 37.9 Å². The van der Waals surface area contributed by atoms with Crippen molar-refractivity contribution in [1.82, 2.24) is 0 Å². The smallest absolute Gasteiger partial charge is 0.323 e. The molecule has 6 nitrogen and oxygen atoms in total. The quantitative estimate of drug-likeness (QED) is 0.180. The van der Waals surface area contributed by atoms with Gasteiger partial charge in [0, 0.05) is 0 Å². The van der Waals surface area contributed by atoms with E-state index in [1.807, 2.05) is 18.2 Å². The van der Waals surface area contributed by atoms with Gasteiger partial charge < -0.3 is 14.2 Å². The second-order valence-electron chi connectivity index (χ2n) is 7.76. The molecular weight excluding hydrogens is 516 g/mol. The molecule has 188 valence electrons. The van der Waals surface area contributed by atoms with Crippen molar-refractivity contribution in [2.75, 3.05) is 13.2 Å². The minimum Gasteiger partial charge on any atom is -0.461 e. The molecule has 0 spiro atoms. The molecule has 0 aliphatic carbocycles. The Labute approximate surface area is 226 Å². The molecule has 3 aromatic carbocycles. The molecule has 0 aliphatic rings. The molecule has 0 radical (unpaired) electrons. The molecular formula is C27H26O6S3. The van der Waals surface area contributed by atoms with Gasteiger partial charge in [0.2, 0.25) is 0 Å². The van der Waals surface area contributed by atoms with Gasteiger partial charge in [-0.15, -0.1) is 0 Å². The monoisotopic (exact) mass is 542 g/mol. The van der Waals surface area contributed by atoms with Crippen LogP contribution in [0.3, 0.4) is 0 Å². The Morgan fingerprint density at radius 3 is 1.17 bits per heavy atom. The summed E-state index contributed by atoms with van der Waals surface area (Å²) in [6, 6.07) is 26.6. The highest BCUT2D eigenvalue weighted by atomic mass is 32.1. The van der Waals surface area contributed by atoms with E-state index < -0.39 is 39.8 Å². The average molecular weight is 543 g/mol. The maximum atomic E-state index is 12.7. The molecule has 0 saturated heterocycles. The van der Waals surface area contributed by atoms with Gasteiger partial charge in [0.1, 0.15) is 29.0 Å². The van der Waals surface area contributed by atoms with Crippen LogP contribution in [-0.4, -0.2) is 37.2 Å². The largest absolute Gasteiger partial charge is 0.461 e. The topological polar surface area (TPSA) is 78.9 Å². The minimum atomic E-state index is -1.06. The summed E-state index contributed by atoms with van der Waals surface area (Å²) >= 11 is 13.0. The zero-order valence-corrected chi connectivity index (χ0v) is 21.9. The van der Waals surface area contributed by atoms with E-state index in [1.165, 1.54) is 0 Å². The number of ether oxygens (including phenoxy) is 3. The van der Waals surface area contributed by atoms with Gasteiger partial charge in [-0.25, -0.2) is 0 Å². The highest BCUT2D eigenvalue weighted by molar-refractivity contribution is 7.81. The van der Waals surface area contributed by atoms with Crippen LogP contribution in [0.1, 0.15) is 32.4 Å². The molecule has 3 atom stereocenters. The molecule has 3 unspecified atom stereocenters. The standard InChI is InChI=1S/C27H26O6S3/c28-25(22(34)18-10-4-1-5-11-18)31-16-21(33-27(30)24(36)20-14-8-3-9-15-20)17-32-26(29)23(35)19-12-6-2-7-13-19/h1-15,21-24,34-36H,16-17H2. The van der Waals surface area contributed by atoms with Gasteiger partial charge in [0.15, 0.2) is 6.10 Å². The average Bonchev–Trinajstić information content (AvgIpc) is 2.94. The Kier molecular flexibility index (Phi) is 10.8. The van der Waals surface area contributed by atoms with E-state index in [9.17, 15) is 14.4 Å². The molecule has 0 amide bonds. The van der Waals surface area contributed by atoms with Crippen LogP contribution < -0.4 is 0 Å². The summed E-state index contributed by atoms with van der Waals surface area (Å²) in [5, 5.41) is -2.53. The molecule has 0 aliphatic heterocycles. The van der Waals surface area contributed by atoms with Crippen molar-refractivity contribution in [2.45, 2.75) is 21.9 Å². The summed E-state index contributed by atoms with van der Waals surface area (Å²) in [5.41, 5.74) is 1.95. The van der Waals surface area contributed by atoms with Crippen LogP contribution in [0.4, 0.5) is 0 Å². The molecule has 9 heteroatoms. The van der Waals surface area contributed by atoms with E-state index in [4.69, 9.17) is 14.2 Å². The highest BCUT2D eigenvalue weighted by Crippen LogP contribution is 2.24. The van der Waals surface area contributed by atoms with Gasteiger partial charge in [-0.3, -0.25) is 14.4 Å². The van der Waals surface area contributed by atoms with Gasteiger partial charge in [-0.1, -0.05) is 91.0 Å². The molecule has 0 aromatic heterocycles. The third-order valence-electron chi connectivity index (χ3n) is 5.12. The summed E-state index contributed by atoms with van der Waals surface area (Å²) in [6.07, 6.45) is -1.06. The Bertz CT molecular complexity index is 1070. The molecule has 3 aromatic rings. The fraction of sp³-hybridized carbons (Fsp3) is 0.222. The fourth-order valence-corrected chi connectivity index (χ4v) is 3.89. The Balaban J connectivity index is 1.64. The number of carbonyl (C=O) groups excluding carboxylic acids is 3. The molecule has 0 saturated carbocycles. The lowest BCUT2D eigenvalue weighted by molar-refractivity contribution is -0.166. The summed E-state index contributed by atoms with van der Waals surface area (Å²) in [7, 11) is 0. The van der Waals surface area contributed by atoms with Crippen LogP contribution in [0.2, 0.25) is 0 Å². The lowest BCUT2D eigenvalue weighted by Gasteiger charge is -2.21. The zero-order chi connectivity index (χ0) is 25.9.